The molecule has 0 saturated carbocycles. The van der Waals surface area contributed by atoms with E-state index in [1.165, 1.54) is 30.4 Å². The van der Waals surface area contributed by atoms with Gasteiger partial charge in [-0.2, -0.15) is 0 Å². The smallest absolute Gasteiger partial charge is 0.185 e. The number of carboxylic acids is 1. The Balaban J connectivity index is 2.12. The van der Waals surface area contributed by atoms with Gasteiger partial charge in [0.1, 0.15) is 18.2 Å². The third-order valence-electron chi connectivity index (χ3n) is 2.85. The van der Waals surface area contributed by atoms with Gasteiger partial charge >= 0.3 is 0 Å². The average molecular weight is 378 g/mol. The Bertz CT molecular complexity index is 771. The van der Waals surface area contributed by atoms with E-state index in [0.29, 0.717) is 10.0 Å². The van der Waals surface area contributed by atoms with E-state index in [1.54, 1.807) is 24.3 Å². The molecule has 0 radical (unpaired) electrons. The first-order chi connectivity index (χ1) is 11.0. The highest BCUT2D eigenvalue weighted by atomic mass is 79.9. The van der Waals surface area contributed by atoms with Gasteiger partial charge in [-0.1, -0.05) is 34.1 Å². The van der Waals surface area contributed by atoms with Gasteiger partial charge in [-0.25, -0.2) is 4.39 Å². The molecule has 0 N–H and O–H groups in total. The number of hydrogen-bond acceptors (Lipinski definition) is 4. The maximum atomic E-state index is 13.7. The number of hydrogen-bond donors (Lipinski definition) is 0. The lowest BCUT2D eigenvalue weighted by molar-refractivity contribution is -0.307. The lowest BCUT2D eigenvalue weighted by Gasteiger charge is -2.07. The Morgan fingerprint density at radius 2 is 2.00 bits per heavy atom. The Morgan fingerprint density at radius 1 is 1.22 bits per heavy atom. The zero-order valence-corrected chi connectivity index (χ0v) is 13.4. The van der Waals surface area contributed by atoms with Crippen LogP contribution in [0.1, 0.15) is 15.9 Å². The molecule has 0 saturated heterocycles. The number of carbonyl (C=O) groups is 2. The third-order valence-corrected chi connectivity index (χ3v) is 3.35. The van der Waals surface area contributed by atoms with Crippen LogP contribution >= 0.6 is 15.9 Å². The first-order valence-corrected chi connectivity index (χ1v) is 7.35. The molecule has 118 valence electrons. The Kier molecular flexibility index (Phi) is 5.65. The minimum atomic E-state index is -1.35. The van der Waals surface area contributed by atoms with Crippen molar-refractivity contribution in [1.82, 2.24) is 0 Å². The summed E-state index contributed by atoms with van der Waals surface area (Å²) in [5, 5.41) is 10.4. The van der Waals surface area contributed by atoms with Crippen LogP contribution in [-0.4, -0.2) is 18.4 Å². The fraction of sp³-hybridized carbons (Fsp3) is 0.0588. The molecule has 23 heavy (non-hydrogen) atoms. The summed E-state index contributed by atoms with van der Waals surface area (Å²) in [5.74, 6) is -1.92. The molecule has 2 aromatic rings. The van der Waals surface area contributed by atoms with Gasteiger partial charge in [-0.05, 0) is 36.4 Å². The van der Waals surface area contributed by atoms with E-state index < -0.39 is 18.4 Å². The van der Waals surface area contributed by atoms with Crippen molar-refractivity contribution < 1.29 is 23.8 Å². The number of carbonyl (C=O) groups excluding carboxylic acids is 2. The van der Waals surface area contributed by atoms with E-state index in [4.69, 9.17) is 4.74 Å². The second-order valence-corrected chi connectivity index (χ2v) is 5.47. The molecule has 0 unspecified atom stereocenters. The number of carboxylic acid groups (broad SMARTS) is 1. The molecule has 0 heterocycles. The monoisotopic (exact) mass is 377 g/mol. The van der Waals surface area contributed by atoms with Crippen LogP contribution in [0.3, 0.4) is 0 Å². The van der Waals surface area contributed by atoms with Gasteiger partial charge in [-0.15, -0.1) is 0 Å². The van der Waals surface area contributed by atoms with Gasteiger partial charge < -0.3 is 14.6 Å². The molecule has 0 aliphatic carbocycles. The predicted molar refractivity (Wildman–Crippen MR) is 84.4 cm³/mol. The van der Waals surface area contributed by atoms with E-state index in [0.717, 1.165) is 0 Å². The van der Waals surface area contributed by atoms with Gasteiger partial charge in [0.25, 0.3) is 0 Å². The molecule has 0 amide bonds. The van der Waals surface area contributed by atoms with Gasteiger partial charge in [0.2, 0.25) is 0 Å². The van der Waals surface area contributed by atoms with E-state index >= 15 is 0 Å². The molecular formula is C17H11BrFO4-. The normalized spacial score (nSPS) is 10.7. The largest absolute Gasteiger partial charge is 0.546 e. The van der Waals surface area contributed by atoms with Crippen LogP contribution in [-0.2, 0) is 4.79 Å². The van der Waals surface area contributed by atoms with Crippen LogP contribution < -0.4 is 9.84 Å². The molecule has 0 aliphatic heterocycles. The van der Waals surface area contributed by atoms with Crippen molar-refractivity contribution in [2.75, 3.05) is 6.61 Å². The summed E-state index contributed by atoms with van der Waals surface area (Å²) in [6.45, 7) is -0.600. The average Bonchev–Trinajstić information content (AvgIpc) is 2.52. The quantitative estimate of drug-likeness (QED) is 0.573. The fourth-order valence-corrected chi connectivity index (χ4v) is 2.11. The highest BCUT2D eigenvalue weighted by molar-refractivity contribution is 9.10. The maximum Gasteiger partial charge on any atom is 0.185 e. The summed E-state index contributed by atoms with van der Waals surface area (Å²) in [7, 11) is 0. The molecule has 0 aliphatic rings. The molecule has 2 rings (SSSR count). The zero-order valence-electron chi connectivity index (χ0n) is 11.8. The van der Waals surface area contributed by atoms with Crippen LogP contribution in [0.4, 0.5) is 4.39 Å². The maximum absolute atomic E-state index is 13.7. The molecule has 0 bridgehead atoms. The second kappa shape index (κ2) is 7.69. The third kappa shape index (κ3) is 5.03. The number of halogens is 2. The molecular weight excluding hydrogens is 367 g/mol. The van der Waals surface area contributed by atoms with Crippen LogP contribution in [0.2, 0.25) is 0 Å². The van der Waals surface area contributed by atoms with Crippen LogP contribution in [0, 0.1) is 5.82 Å². The summed E-state index contributed by atoms with van der Waals surface area (Å²) in [6.07, 6.45) is 2.61. The topological polar surface area (TPSA) is 66.4 Å². The number of ether oxygens (including phenoxy) is 1. The molecule has 2 aromatic carbocycles. The Hall–Kier alpha value is -2.47. The number of ketones is 1. The first kappa shape index (κ1) is 16.9. The second-order valence-electron chi connectivity index (χ2n) is 4.55. The highest BCUT2D eigenvalue weighted by Crippen LogP contribution is 2.18. The van der Waals surface area contributed by atoms with E-state index in [9.17, 15) is 19.1 Å². The standard InChI is InChI=1S/C17H12BrFO4/c18-13-6-4-11(15(19)9-13)5-7-16(20)12-2-1-3-14(8-12)23-10-17(21)22/h1-9H,10H2,(H,21,22)/p-1/b7-5+. The van der Waals surface area contributed by atoms with Crippen molar-refractivity contribution in [1.29, 1.82) is 0 Å². The van der Waals surface area contributed by atoms with Gasteiger partial charge in [0.15, 0.2) is 5.78 Å². The number of benzene rings is 2. The van der Waals surface area contributed by atoms with Crippen LogP contribution in [0.5, 0.6) is 5.75 Å². The van der Waals surface area contributed by atoms with Gasteiger partial charge in [0, 0.05) is 15.6 Å². The van der Waals surface area contributed by atoms with Gasteiger partial charge in [-0.3, -0.25) is 4.79 Å². The lowest BCUT2D eigenvalue weighted by Crippen LogP contribution is -2.28. The van der Waals surface area contributed by atoms with Crippen molar-refractivity contribution >= 4 is 33.8 Å². The van der Waals surface area contributed by atoms with Crippen LogP contribution in [0.15, 0.2) is 53.0 Å². The minimum Gasteiger partial charge on any atom is -0.546 e. The van der Waals surface area contributed by atoms with E-state index in [-0.39, 0.29) is 17.1 Å². The summed E-state index contributed by atoms with van der Waals surface area (Å²) in [6, 6.07) is 10.6. The first-order valence-electron chi connectivity index (χ1n) is 6.56. The molecule has 0 spiro atoms. The number of rotatable bonds is 6. The summed E-state index contributed by atoms with van der Waals surface area (Å²) in [5.41, 5.74) is 0.584. The van der Waals surface area contributed by atoms with Crippen LogP contribution in [0.25, 0.3) is 6.08 Å². The molecule has 0 atom stereocenters. The number of allylic oxidation sites excluding steroid dienone is 1. The summed E-state index contributed by atoms with van der Waals surface area (Å²) in [4.78, 5) is 22.4. The summed E-state index contributed by atoms with van der Waals surface area (Å²) < 4.78 is 19.2. The van der Waals surface area contributed by atoms with Crippen molar-refractivity contribution in [2.24, 2.45) is 0 Å². The Labute approximate surface area is 140 Å². The molecule has 0 fully saturated rings. The highest BCUT2D eigenvalue weighted by Gasteiger charge is 2.05. The Morgan fingerprint density at radius 3 is 2.70 bits per heavy atom. The predicted octanol–water partition coefficient (Wildman–Crippen LogP) is 2.61. The van der Waals surface area contributed by atoms with Crippen molar-refractivity contribution in [3.63, 3.8) is 0 Å². The molecule has 6 heteroatoms. The molecule has 4 nitrogen and oxygen atoms in total. The van der Waals surface area contributed by atoms with Crippen molar-refractivity contribution in [2.45, 2.75) is 0 Å². The molecule has 0 aromatic heterocycles. The summed E-state index contributed by atoms with van der Waals surface area (Å²) >= 11 is 3.15. The van der Waals surface area contributed by atoms with Crippen molar-refractivity contribution in [3.8, 4) is 5.75 Å². The fourth-order valence-electron chi connectivity index (χ4n) is 1.78. The zero-order chi connectivity index (χ0) is 16.8. The van der Waals surface area contributed by atoms with Crippen molar-refractivity contribution in [3.05, 3.63) is 70.0 Å². The SMILES string of the molecule is O=C([O-])COc1cccc(C(=O)/C=C/c2ccc(Br)cc2F)c1. The van der Waals surface area contributed by atoms with E-state index in [1.807, 2.05) is 0 Å². The van der Waals surface area contributed by atoms with Gasteiger partial charge in [0.05, 0.1) is 5.97 Å². The minimum absolute atomic E-state index is 0.239. The van der Waals surface area contributed by atoms with E-state index in [2.05, 4.69) is 15.9 Å². The number of aliphatic carboxylic acids is 1. The lowest BCUT2D eigenvalue weighted by atomic mass is 10.1.